The van der Waals surface area contributed by atoms with E-state index in [0.29, 0.717) is 0 Å². The van der Waals surface area contributed by atoms with Crippen LogP contribution < -0.4 is 4.74 Å². The fourth-order valence-electron chi connectivity index (χ4n) is 2.51. The van der Waals surface area contributed by atoms with Gasteiger partial charge < -0.3 is 4.74 Å². The number of methoxy groups -OCH3 is 1. The molecule has 0 heterocycles. The molecule has 0 saturated heterocycles. The van der Waals surface area contributed by atoms with Gasteiger partial charge in [-0.15, -0.1) is 0 Å². The summed E-state index contributed by atoms with van der Waals surface area (Å²) in [4.78, 5) is 0. The van der Waals surface area contributed by atoms with Gasteiger partial charge in [-0.2, -0.15) is 0 Å². The van der Waals surface area contributed by atoms with Gasteiger partial charge in [-0.1, -0.05) is 30.3 Å². The Morgan fingerprint density at radius 1 is 1.00 bits per heavy atom. The van der Waals surface area contributed by atoms with E-state index in [1.54, 1.807) is 7.11 Å². The molecule has 0 aliphatic heterocycles. The van der Waals surface area contributed by atoms with Crippen LogP contribution in [0.25, 0.3) is 11.1 Å². The molecule has 1 aliphatic carbocycles. The molecule has 3 rings (SSSR count). The smallest absolute Gasteiger partial charge is 0.122 e. The van der Waals surface area contributed by atoms with Crippen molar-refractivity contribution in [2.24, 2.45) is 0 Å². The van der Waals surface area contributed by atoms with Gasteiger partial charge in [0.25, 0.3) is 0 Å². The van der Waals surface area contributed by atoms with Gasteiger partial charge in [-0.05, 0) is 47.2 Å². The fourth-order valence-corrected chi connectivity index (χ4v) is 2.51. The van der Waals surface area contributed by atoms with E-state index in [9.17, 15) is 0 Å². The molecular formula is C15H14O. The standard InChI is InChI=1S/C15H14O/c1-10-7-12-8-11-5-3-4-6-13(11)14(12)9-15(10)16-2/h3-7,9H,8H2,1-2H3. The minimum atomic E-state index is 0.982. The molecule has 1 heteroatoms. The van der Waals surface area contributed by atoms with Crippen molar-refractivity contribution in [3.8, 4) is 16.9 Å². The van der Waals surface area contributed by atoms with E-state index in [-0.39, 0.29) is 0 Å². The molecule has 2 aromatic rings. The Balaban J connectivity index is 2.24. The van der Waals surface area contributed by atoms with Crippen LogP contribution >= 0.6 is 0 Å². The first-order valence-corrected chi connectivity index (χ1v) is 5.55. The van der Waals surface area contributed by atoms with Crippen LogP contribution in [0.4, 0.5) is 0 Å². The summed E-state index contributed by atoms with van der Waals surface area (Å²) in [6, 6.07) is 13.0. The molecule has 0 spiro atoms. The summed E-state index contributed by atoms with van der Waals surface area (Å²) >= 11 is 0. The number of benzene rings is 2. The second kappa shape index (κ2) is 3.38. The number of hydrogen-bond donors (Lipinski definition) is 0. The molecule has 0 unspecified atom stereocenters. The molecule has 0 bridgehead atoms. The predicted molar refractivity (Wildman–Crippen MR) is 66.0 cm³/mol. The molecule has 80 valence electrons. The van der Waals surface area contributed by atoms with Crippen molar-refractivity contribution in [2.45, 2.75) is 13.3 Å². The van der Waals surface area contributed by atoms with Crippen molar-refractivity contribution in [1.82, 2.24) is 0 Å². The highest BCUT2D eigenvalue weighted by Crippen LogP contribution is 2.39. The second-order valence-corrected chi connectivity index (χ2v) is 4.31. The van der Waals surface area contributed by atoms with Crippen molar-refractivity contribution in [2.75, 3.05) is 7.11 Å². The lowest BCUT2D eigenvalue weighted by Gasteiger charge is -2.08. The van der Waals surface area contributed by atoms with Gasteiger partial charge in [0.05, 0.1) is 7.11 Å². The van der Waals surface area contributed by atoms with Crippen molar-refractivity contribution in [3.05, 3.63) is 53.1 Å². The van der Waals surface area contributed by atoms with E-state index in [2.05, 4.69) is 43.3 Å². The minimum absolute atomic E-state index is 0.982. The fraction of sp³-hybridized carbons (Fsp3) is 0.200. The van der Waals surface area contributed by atoms with Crippen LogP contribution in [0.1, 0.15) is 16.7 Å². The van der Waals surface area contributed by atoms with Gasteiger partial charge in [0.15, 0.2) is 0 Å². The zero-order chi connectivity index (χ0) is 11.1. The molecule has 1 aliphatic rings. The highest BCUT2D eigenvalue weighted by molar-refractivity contribution is 5.78. The topological polar surface area (TPSA) is 9.23 Å². The number of fused-ring (bicyclic) bond motifs is 3. The SMILES string of the molecule is COc1cc2c(cc1C)Cc1ccccc1-2. The maximum Gasteiger partial charge on any atom is 0.122 e. The molecule has 1 nitrogen and oxygen atoms in total. The molecule has 0 atom stereocenters. The first-order chi connectivity index (χ1) is 7.79. The summed E-state index contributed by atoms with van der Waals surface area (Å²) in [7, 11) is 1.73. The van der Waals surface area contributed by atoms with Gasteiger partial charge >= 0.3 is 0 Å². The molecule has 0 saturated carbocycles. The van der Waals surface area contributed by atoms with Crippen LogP contribution in [0.5, 0.6) is 5.75 Å². The number of aryl methyl sites for hydroxylation is 1. The van der Waals surface area contributed by atoms with Gasteiger partial charge in [-0.3, -0.25) is 0 Å². The van der Waals surface area contributed by atoms with Crippen LogP contribution in [0, 0.1) is 6.92 Å². The molecule has 0 aromatic heterocycles. The normalized spacial score (nSPS) is 12.1. The molecule has 0 N–H and O–H groups in total. The Morgan fingerprint density at radius 3 is 2.62 bits per heavy atom. The molecular weight excluding hydrogens is 196 g/mol. The Morgan fingerprint density at radius 2 is 1.81 bits per heavy atom. The maximum atomic E-state index is 5.39. The average molecular weight is 210 g/mol. The Bertz CT molecular complexity index is 555. The Hall–Kier alpha value is -1.76. The van der Waals surface area contributed by atoms with Gasteiger partial charge in [-0.25, -0.2) is 0 Å². The van der Waals surface area contributed by atoms with E-state index in [1.807, 2.05) is 0 Å². The lowest BCUT2D eigenvalue weighted by molar-refractivity contribution is 0.412. The van der Waals surface area contributed by atoms with Crippen LogP contribution in [0.15, 0.2) is 36.4 Å². The maximum absolute atomic E-state index is 5.39. The van der Waals surface area contributed by atoms with Crippen molar-refractivity contribution < 1.29 is 4.74 Å². The minimum Gasteiger partial charge on any atom is -0.496 e. The number of ether oxygens (including phenoxy) is 1. The summed E-state index contributed by atoms with van der Waals surface area (Å²) in [5.74, 6) is 0.982. The van der Waals surface area contributed by atoms with E-state index < -0.39 is 0 Å². The third-order valence-corrected chi connectivity index (χ3v) is 3.31. The quantitative estimate of drug-likeness (QED) is 0.596. The highest BCUT2D eigenvalue weighted by atomic mass is 16.5. The molecule has 0 fully saturated rings. The lowest BCUT2D eigenvalue weighted by Crippen LogP contribution is -1.89. The molecule has 16 heavy (non-hydrogen) atoms. The van der Waals surface area contributed by atoms with E-state index in [0.717, 1.165) is 12.2 Å². The lowest BCUT2D eigenvalue weighted by atomic mass is 10.0. The zero-order valence-corrected chi connectivity index (χ0v) is 9.58. The third kappa shape index (κ3) is 1.25. The predicted octanol–water partition coefficient (Wildman–Crippen LogP) is 3.57. The number of rotatable bonds is 1. The van der Waals surface area contributed by atoms with Crippen LogP contribution in [-0.2, 0) is 6.42 Å². The zero-order valence-electron chi connectivity index (χ0n) is 9.58. The average Bonchev–Trinajstić information content (AvgIpc) is 2.65. The van der Waals surface area contributed by atoms with Gasteiger partial charge in [0.1, 0.15) is 5.75 Å². The van der Waals surface area contributed by atoms with Crippen LogP contribution in [0.3, 0.4) is 0 Å². The molecule has 0 amide bonds. The summed E-state index contributed by atoms with van der Waals surface area (Å²) in [5, 5.41) is 0. The van der Waals surface area contributed by atoms with Gasteiger partial charge in [0, 0.05) is 0 Å². The van der Waals surface area contributed by atoms with Crippen molar-refractivity contribution in [3.63, 3.8) is 0 Å². The monoisotopic (exact) mass is 210 g/mol. The van der Waals surface area contributed by atoms with Gasteiger partial charge in [0.2, 0.25) is 0 Å². The van der Waals surface area contributed by atoms with E-state index in [4.69, 9.17) is 4.74 Å². The van der Waals surface area contributed by atoms with Crippen molar-refractivity contribution >= 4 is 0 Å². The van der Waals surface area contributed by atoms with Crippen molar-refractivity contribution in [1.29, 1.82) is 0 Å². The van der Waals surface area contributed by atoms with E-state index >= 15 is 0 Å². The Labute approximate surface area is 95.7 Å². The van der Waals surface area contributed by atoms with Crippen LogP contribution in [0.2, 0.25) is 0 Å². The second-order valence-electron chi connectivity index (χ2n) is 4.31. The first-order valence-electron chi connectivity index (χ1n) is 5.55. The van der Waals surface area contributed by atoms with E-state index in [1.165, 1.54) is 27.8 Å². The molecule has 0 radical (unpaired) electrons. The third-order valence-electron chi connectivity index (χ3n) is 3.31. The summed E-state index contributed by atoms with van der Waals surface area (Å²) in [5.41, 5.74) is 6.74. The highest BCUT2D eigenvalue weighted by Gasteiger charge is 2.19. The Kier molecular flexibility index (Phi) is 2.00. The largest absolute Gasteiger partial charge is 0.496 e. The summed E-state index contributed by atoms with van der Waals surface area (Å²) < 4.78 is 5.39. The number of hydrogen-bond acceptors (Lipinski definition) is 1. The summed E-state index contributed by atoms with van der Waals surface area (Å²) in [6.45, 7) is 2.10. The molecule has 2 aromatic carbocycles. The summed E-state index contributed by atoms with van der Waals surface area (Å²) in [6.07, 6.45) is 1.05. The first kappa shape index (κ1) is 9.46. The van der Waals surface area contributed by atoms with Crippen LogP contribution in [-0.4, -0.2) is 7.11 Å².